The molecule has 2 aromatic carbocycles. The molecule has 0 aliphatic heterocycles. The highest BCUT2D eigenvalue weighted by Crippen LogP contribution is 2.36. The van der Waals surface area contributed by atoms with E-state index in [2.05, 4.69) is 119 Å². The summed E-state index contributed by atoms with van der Waals surface area (Å²) in [7, 11) is -3.77. The van der Waals surface area contributed by atoms with E-state index < -0.39 is 16.4 Å². The zero-order valence-corrected chi connectivity index (χ0v) is 19.5. The lowest BCUT2D eigenvalue weighted by Gasteiger charge is -2.42. The third-order valence-corrected chi connectivity index (χ3v) is 10.4. The molecule has 0 radical (unpaired) electrons. The average Bonchev–Trinajstić information content (AvgIpc) is 2.61. The summed E-state index contributed by atoms with van der Waals surface area (Å²) in [4.78, 5) is 0. The van der Waals surface area contributed by atoms with E-state index in [0.717, 1.165) is 0 Å². The largest absolute Gasteiger partial charge is 0.404 e. The highest BCUT2D eigenvalue weighted by molar-refractivity contribution is 6.99. The normalized spacial score (nSPS) is 12.7. The van der Waals surface area contributed by atoms with Crippen LogP contribution in [0.4, 0.5) is 0 Å². The van der Waals surface area contributed by atoms with E-state index in [4.69, 9.17) is 4.43 Å². The van der Waals surface area contributed by atoms with Gasteiger partial charge in [-0.15, -0.1) is 5.54 Å². The molecule has 142 valence electrons. The molecule has 0 aliphatic carbocycles. The maximum absolute atomic E-state index is 6.79. The summed E-state index contributed by atoms with van der Waals surface area (Å²) < 4.78 is 6.79. The summed E-state index contributed by atoms with van der Waals surface area (Å²) in [5, 5.41) is 2.63. The Bertz CT molecular complexity index is 761. The van der Waals surface area contributed by atoms with Crippen molar-refractivity contribution in [3.63, 3.8) is 0 Å². The van der Waals surface area contributed by atoms with Crippen LogP contribution in [-0.2, 0) is 4.43 Å². The molecule has 0 saturated carbocycles. The van der Waals surface area contributed by atoms with E-state index in [1.54, 1.807) is 0 Å². The maximum Gasteiger partial charge on any atom is 0.261 e. The predicted octanol–water partition coefficient (Wildman–Crippen LogP) is 5.00. The Morgan fingerprint density at radius 2 is 1.33 bits per heavy atom. The second-order valence-corrected chi connectivity index (χ2v) is 18.0. The molecule has 27 heavy (non-hydrogen) atoms. The second kappa shape index (κ2) is 8.88. The first-order valence-corrected chi connectivity index (χ1v) is 15.0. The molecule has 0 N–H and O–H groups in total. The van der Waals surface area contributed by atoms with Crippen molar-refractivity contribution in [1.29, 1.82) is 0 Å². The Kier molecular flexibility index (Phi) is 7.05. The van der Waals surface area contributed by atoms with Gasteiger partial charge >= 0.3 is 0 Å². The topological polar surface area (TPSA) is 9.23 Å². The molecule has 0 fully saturated rings. The van der Waals surface area contributed by atoms with Crippen molar-refractivity contribution in [3.05, 3.63) is 72.8 Å². The first-order chi connectivity index (χ1) is 12.7. The third-order valence-electron chi connectivity index (χ3n) is 4.46. The van der Waals surface area contributed by atoms with Gasteiger partial charge in [-0.05, 0) is 21.5 Å². The van der Waals surface area contributed by atoms with Crippen LogP contribution in [0.2, 0.25) is 24.7 Å². The van der Waals surface area contributed by atoms with Crippen molar-refractivity contribution in [2.24, 2.45) is 0 Å². The summed E-state index contributed by atoms with van der Waals surface area (Å²) in [5.41, 5.74) is 3.37. The lowest BCUT2D eigenvalue weighted by atomic mass is 10.2. The molecule has 2 aromatic rings. The van der Waals surface area contributed by atoms with Gasteiger partial charge in [0.05, 0.1) is 6.61 Å². The maximum atomic E-state index is 6.79. The third kappa shape index (κ3) is 5.56. The van der Waals surface area contributed by atoms with Crippen LogP contribution in [0, 0.1) is 11.5 Å². The minimum absolute atomic E-state index is 0.00749. The van der Waals surface area contributed by atoms with Crippen molar-refractivity contribution < 1.29 is 4.43 Å². The molecule has 0 aromatic heterocycles. The smallest absolute Gasteiger partial charge is 0.261 e. The van der Waals surface area contributed by atoms with E-state index in [1.807, 2.05) is 6.08 Å². The van der Waals surface area contributed by atoms with Gasteiger partial charge < -0.3 is 4.43 Å². The molecule has 0 aliphatic rings. The van der Waals surface area contributed by atoms with Crippen LogP contribution in [0.1, 0.15) is 20.8 Å². The molecule has 0 bridgehead atoms. The van der Waals surface area contributed by atoms with Crippen LogP contribution >= 0.6 is 0 Å². The molecular formula is C24H32OSi2. The Labute approximate surface area is 167 Å². The number of benzene rings is 2. The van der Waals surface area contributed by atoms with E-state index in [9.17, 15) is 0 Å². The van der Waals surface area contributed by atoms with Gasteiger partial charge in [0.2, 0.25) is 0 Å². The Morgan fingerprint density at radius 1 is 0.852 bits per heavy atom. The van der Waals surface area contributed by atoms with Crippen LogP contribution in [0.5, 0.6) is 0 Å². The van der Waals surface area contributed by atoms with Crippen molar-refractivity contribution in [2.45, 2.75) is 45.5 Å². The van der Waals surface area contributed by atoms with E-state index in [-0.39, 0.29) is 5.04 Å². The second-order valence-electron chi connectivity index (χ2n) is 8.90. The van der Waals surface area contributed by atoms with E-state index in [0.29, 0.717) is 6.61 Å². The summed E-state index contributed by atoms with van der Waals surface area (Å²) in [6, 6.07) is 21.5. The fourth-order valence-corrected chi connectivity index (χ4v) is 8.32. The van der Waals surface area contributed by atoms with Gasteiger partial charge in [-0.25, -0.2) is 0 Å². The van der Waals surface area contributed by atoms with Crippen molar-refractivity contribution in [2.75, 3.05) is 6.61 Å². The lowest BCUT2D eigenvalue weighted by molar-refractivity contribution is 0.339. The average molecular weight is 393 g/mol. The van der Waals surface area contributed by atoms with Crippen LogP contribution in [0.3, 0.4) is 0 Å². The minimum atomic E-state index is -2.44. The van der Waals surface area contributed by atoms with Gasteiger partial charge in [0.1, 0.15) is 8.07 Å². The monoisotopic (exact) mass is 392 g/mol. The molecule has 3 heteroatoms. The van der Waals surface area contributed by atoms with Crippen LogP contribution in [0.25, 0.3) is 0 Å². The highest BCUT2D eigenvalue weighted by atomic mass is 28.4. The molecule has 0 saturated heterocycles. The van der Waals surface area contributed by atoms with Gasteiger partial charge in [0, 0.05) is 0 Å². The standard InChI is InChI=1S/C24H32OSi2/c1-24(2,3)27(22-16-10-7-11-17-22,23-18-12-8-13-19-23)25-20-14-9-15-21-26(4,5)6/h7-14,16-19H,20H2,1-6H3. The Hall–Kier alpha value is -1.87. The number of allylic oxidation sites excluding steroid dienone is 1. The first-order valence-electron chi connectivity index (χ1n) is 9.59. The molecular weight excluding hydrogens is 360 g/mol. The molecule has 2 rings (SSSR count). The fourth-order valence-electron chi connectivity index (χ4n) is 3.30. The summed E-state index contributed by atoms with van der Waals surface area (Å²) >= 11 is 0. The molecule has 0 unspecified atom stereocenters. The molecule has 1 nitrogen and oxygen atoms in total. The van der Waals surface area contributed by atoms with Gasteiger partial charge in [0.25, 0.3) is 8.32 Å². The number of hydrogen-bond acceptors (Lipinski definition) is 1. The van der Waals surface area contributed by atoms with Gasteiger partial charge in [-0.2, -0.15) is 0 Å². The van der Waals surface area contributed by atoms with Crippen molar-refractivity contribution in [3.8, 4) is 11.5 Å². The number of rotatable bonds is 5. The first kappa shape index (κ1) is 21.4. The number of hydrogen-bond donors (Lipinski definition) is 0. The Morgan fingerprint density at radius 3 is 1.74 bits per heavy atom. The van der Waals surface area contributed by atoms with Gasteiger partial charge in [0.15, 0.2) is 0 Å². The lowest BCUT2D eigenvalue weighted by Crippen LogP contribution is -2.66. The Balaban J connectivity index is 2.41. The van der Waals surface area contributed by atoms with Crippen LogP contribution in [-0.4, -0.2) is 23.0 Å². The van der Waals surface area contributed by atoms with Crippen LogP contribution in [0.15, 0.2) is 72.8 Å². The minimum Gasteiger partial charge on any atom is -0.404 e. The van der Waals surface area contributed by atoms with Crippen molar-refractivity contribution in [1.82, 2.24) is 0 Å². The zero-order valence-electron chi connectivity index (χ0n) is 17.5. The molecule has 0 atom stereocenters. The van der Waals surface area contributed by atoms with Crippen molar-refractivity contribution >= 4 is 26.8 Å². The summed E-state index contributed by atoms with van der Waals surface area (Å²) in [6.45, 7) is 14.2. The SMILES string of the molecule is CC(C)(C)[Si](OCC=CC#C[Si](C)(C)C)(c1ccccc1)c1ccccc1. The van der Waals surface area contributed by atoms with Gasteiger partial charge in [-0.3, -0.25) is 0 Å². The quantitative estimate of drug-likeness (QED) is 0.514. The molecule has 0 amide bonds. The van der Waals surface area contributed by atoms with Gasteiger partial charge in [-0.1, -0.05) is 113 Å². The fraction of sp³-hybridized carbons (Fsp3) is 0.333. The summed E-state index contributed by atoms with van der Waals surface area (Å²) in [5.74, 6) is 3.20. The zero-order chi connectivity index (χ0) is 20.0. The molecule has 0 spiro atoms. The summed E-state index contributed by atoms with van der Waals surface area (Å²) in [6.07, 6.45) is 4.02. The van der Waals surface area contributed by atoms with E-state index >= 15 is 0 Å². The van der Waals surface area contributed by atoms with Crippen LogP contribution < -0.4 is 10.4 Å². The predicted molar refractivity (Wildman–Crippen MR) is 124 cm³/mol. The van der Waals surface area contributed by atoms with E-state index in [1.165, 1.54) is 10.4 Å². The molecule has 0 heterocycles. The highest BCUT2D eigenvalue weighted by Gasteiger charge is 2.49.